The molecule has 1 saturated heterocycles. The fourth-order valence-corrected chi connectivity index (χ4v) is 3.03. The van der Waals surface area contributed by atoms with Gasteiger partial charge in [-0.05, 0) is 40.9 Å². The summed E-state index contributed by atoms with van der Waals surface area (Å²) in [5.41, 5.74) is 0.518. The largest absolute Gasteiger partial charge is 0.494 e. The molecule has 1 aromatic rings. The molecule has 4 nitrogen and oxygen atoms in total. The molecule has 0 radical (unpaired) electrons. The van der Waals surface area contributed by atoms with Gasteiger partial charge in [-0.2, -0.15) is 0 Å². The number of nitrogens with one attached hydrogen (secondary N) is 1. The zero-order chi connectivity index (χ0) is 13.8. The second-order valence-electron chi connectivity index (χ2n) is 4.33. The van der Waals surface area contributed by atoms with Crippen molar-refractivity contribution >= 4 is 33.4 Å². The van der Waals surface area contributed by atoms with Crippen molar-refractivity contribution < 1.29 is 14.3 Å². The van der Waals surface area contributed by atoms with Crippen molar-refractivity contribution in [3.8, 4) is 5.75 Å². The lowest BCUT2D eigenvalue weighted by molar-refractivity contribution is 0.0696. The molecule has 0 aromatic heterocycles. The molecule has 1 fully saturated rings. The number of hydrogen-bond acceptors (Lipinski definition) is 3. The second kappa shape index (κ2) is 6.59. The van der Waals surface area contributed by atoms with Gasteiger partial charge < -0.3 is 14.8 Å². The van der Waals surface area contributed by atoms with Crippen LogP contribution in [-0.2, 0) is 4.74 Å². The lowest BCUT2D eigenvalue weighted by atomic mass is 10.1. The van der Waals surface area contributed by atoms with Gasteiger partial charge in [0.25, 0.3) is 5.91 Å². The molecule has 0 unspecified atom stereocenters. The monoisotopic (exact) mass is 347 g/mol. The smallest absolute Gasteiger partial charge is 0.251 e. The van der Waals surface area contributed by atoms with Crippen molar-refractivity contribution in [3.63, 3.8) is 0 Å². The second-order valence-corrected chi connectivity index (χ2v) is 5.59. The van der Waals surface area contributed by atoms with Gasteiger partial charge in [0.15, 0.2) is 5.75 Å². The van der Waals surface area contributed by atoms with Gasteiger partial charge in [0, 0.05) is 24.8 Å². The van der Waals surface area contributed by atoms with Crippen LogP contribution in [0.15, 0.2) is 16.6 Å². The molecule has 1 heterocycles. The minimum atomic E-state index is -0.128. The Hall–Kier alpha value is -0.780. The molecule has 0 atom stereocenters. The highest BCUT2D eigenvalue weighted by molar-refractivity contribution is 9.10. The molecular formula is C13H15BrClNO3. The maximum atomic E-state index is 12.1. The Kier molecular flexibility index (Phi) is 5.07. The fraction of sp³-hybridized carbons (Fsp3) is 0.462. The van der Waals surface area contributed by atoms with Crippen molar-refractivity contribution in [2.24, 2.45) is 0 Å². The number of rotatable bonds is 3. The zero-order valence-electron chi connectivity index (χ0n) is 10.5. The van der Waals surface area contributed by atoms with E-state index in [0.29, 0.717) is 34.0 Å². The summed E-state index contributed by atoms with van der Waals surface area (Å²) >= 11 is 9.41. The molecule has 1 aromatic carbocycles. The Bertz CT molecular complexity index is 452. The van der Waals surface area contributed by atoms with Crippen molar-refractivity contribution in [2.75, 3.05) is 20.3 Å². The third-order valence-electron chi connectivity index (χ3n) is 3.02. The van der Waals surface area contributed by atoms with Crippen molar-refractivity contribution in [2.45, 2.75) is 18.9 Å². The fourth-order valence-electron chi connectivity index (χ4n) is 2.00. The van der Waals surface area contributed by atoms with E-state index in [2.05, 4.69) is 21.2 Å². The third kappa shape index (κ3) is 3.61. The van der Waals surface area contributed by atoms with E-state index in [1.807, 2.05) is 0 Å². The van der Waals surface area contributed by atoms with E-state index >= 15 is 0 Å². The van der Waals surface area contributed by atoms with Crippen molar-refractivity contribution in [1.82, 2.24) is 5.32 Å². The van der Waals surface area contributed by atoms with Gasteiger partial charge in [-0.1, -0.05) is 11.6 Å². The molecule has 0 bridgehead atoms. The molecule has 19 heavy (non-hydrogen) atoms. The molecule has 0 spiro atoms. The minimum Gasteiger partial charge on any atom is -0.494 e. The van der Waals surface area contributed by atoms with E-state index in [-0.39, 0.29) is 11.9 Å². The summed E-state index contributed by atoms with van der Waals surface area (Å²) < 4.78 is 11.1. The average molecular weight is 349 g/mol. The van der Waals surface area contributed by atoms with Gasteiger partial charge in [-0.25, -0.2) is 0 Å². The molecule has 0 saturated carbocycles. The number of ether oxygens (including phenoxy) is 2. The summed E-state index contributed by atoms with van der Waals surface area (Å²) in [5.74, 6) is 0.404. The highest BCUT2D eigenvalue weighted by Crippen LogP contribution is 2.34. The number of hydrogen-bond donors (Lipinski definition) is 1. The summed E-state index contributed by atoms with van der Waals surface area (Å²) in [6.45, 7) is 1.38. The molecular weight excluding hydrogens is 334 g/mol. The highest BCUT2D eigenvalue weighted by Gasteiger charge is 2.18. The summed E-state index contributed by atoms with van der Waals surface area (Å²) in [6.07, 6.45) is 1.69. The minimum absolute atomic E-state index is 0.128. The van der Waals surface area contributed by atoms with Crippen molar-refractivity contribution in [1.29, 1.82) is 0 Å². The first-order valence-electron chi connectivity index (χ1n) is 6.03. The number of halogens is 2. The van der Waals surface area contributed by atoms with Crippen LogP contribution >= 0.6 is 27.5 Å². The van der Waals surface area contributed by atoms with Crippen LogP contribution in [0.1, 0.15) is 23.2 Å². The van der Waals surface area contributed by atoms with Crippen LogP contribution < -0.4 is 10.1 Å². The zero-order valence-corrected chi connectivity index (χ0v) is 12.9. The molecule has 1 aliphatic rings. The predicted octanol–water partition coefficient (Wildman–Crippen LogP) is 3.02. The average Bonchev–Trinajstić information content (AvgIpc) is 2.39. The van der Waals surface area contributed by atoms with E-state index in [9.17, 15) is 4.79 Å². The molecule has 1 aliphatic heterocycles. The van der Waals surface area contributed by atoms with E-state index in [1.54, 1.807) is 12.1 Å². The van der Waals surface area contributed by atoms with Gasteiger partial charge in [0.05, 0.1) is 16.6 Å². The van der Waals surface area contributed by atoms with Crippen molar-refractivity contribution in [3.05, 3.63) is 27.2 Å². The van der Waals surface area contributed by atoms with Gasteiger partial charge in [-0.15, -0.1) is 0 Å². The summed E-state index contributed by atoms with van der Waals surface area (Å²) in [4.78, 5) is 12.1. The Balaban J connectivity index is 2.10. The Labute approximate surface area is 125 Å². The molecule has 2 rings (SSSR count). The summed E-state index contributed by atoms with van der Waals surface area (Å²) in [6, 6.07) is 3.49. The van der Waals surface area contributed by atoms with E-state index in [4.69, 9.17) is 21.1 Å². The third-order valence-corrected chi connectivity index (χ3v) is 3.89. The van der Waals surface area contributed by atoms with Gasteiger partial charge >= 0.3 is 0 Å². The van der Waals surface area contributed by atoms with Crippen LogP contribution in [0.5, 0.6) is 5.75 Å². The Morgan fingerprint density at radius 3 is 2.74 bits per heavy atom. The number of carbonyl (C=O) groups excluding carboxylic acids is 1. The van der Waals surface area contributed by atoms with Crippen LogP contribution in [0.3, 0.4) is 0 Å². The Morgan fingerprint density at radius 1 is 1.47 bits per heavy atom. The van der Waals surface area contributed by atoms with E-state index in [0.717, 1.165) is 12.8 Å². The topological polar surface area (TPSA) is 47.6 Å². The molecule has 104 valence electrons. The number of methoxy groups -OCH3 is 1. The number of carbonyl (C=O) groups is 1. The SMILES string of the molecule is COc1c(Cl)cc(C(=O)NC2CCOCC2)cc1Br. The first kappa shape index (κ1) is 14.6. The van der Waals surface area contributed by atoms with Gasteiger partial charge in [-0.3, -0.25) is 4.79 Å². The normalized spacial score (nSPS) is 16.2. The van der Waals surface area contributed by atoms with Crippen LogP contribution in [0.2, 0.25) is 5.02 Å². The van der Waals surface area contributed by atoms with Crippen LogP contribution in [0, 0.1) is 0 Å². The predicted molar refractivity (Wildman–Crippen MR) is 77.0 cm³/mol. The standard InChI is InChI=1S/C13H15BrClNO3/c1-18-12-10(14)6-8(7-11(12)15)13(17)16-9-2-4-19-5-3-9/h6-7,9H,2-5H2,1H3,(H,16,17). The van der Waals surface area contributed by atoms with E-state index in [1.165, 1.54) is 7.11 Å². The molecule has 6 heteroatoms. The summed E-state index contributed by atoms with van der Waals surface area (Å²) in [7, 11) is 1.54. The lowest BCUT2D eigenvalue weighted by Crippen LogP contribution is -2.38. The van der Waals surface area contributed by atoms with Gasteiger partial charge in [0.2, 0.25) is 0 Å². The first-order valence-corrected chi connectivity index (χ1v) is 7.20. The quantitative estimate of drug-likeness (QED) is 0.913. The molecule has 0 aliphatic carbocycles. The van der Waals surface area contributed by atoms with E-state index < -0.39 is 0 Å². The van der Waals surface area contributed by atoms with Crippen LogP contribution in [-0.4, -0.2) is 32.3 Å². The number of amides is 1. The maximum absolute atomic E-state index is 12.1. The molecule has 1 amide bonds. The first-order chi connectivity index (χ1) is 9.11. The Morgan fingerprint density at radius 2 is 2.16 bits per heavy atom. The highest BCUT2D eigenvalue weighted by atomic mass is 79.9. The number of benzene rings is 1. The van der Waals surface area contributed by atoms with Crippen LogP contribution in [0.4, 0.5) is 0 Å². The van der Waals surface area contributed by atoms with Crippen LogP contribution in [0.25, 0.3) is 0 Å². The lowest BCUT2D eigenvalue weighted by Gasteiger charge is -2.23. The maximum Gasteiger partial charge on any atom is 0.251 e. The molecule has 1 N–H and O–H groups in total. The summed E-state index contributed by atoms with van der Waals surface area (Å²) in [5, 5.41) is 3.40. The van der Waals surface area contributed by atoms with Gasteiger partial charge in [0.1, 0.15) is 0 Å².